The molecule has 2 heterocycles. The molecule has 1 aliphatic heterocycles. The van der Waals surface area contributed by atoms with E-state index in [2.05, 4.69) is 15.3 Å². The van der Waals surface area contributed by atoms with E-state index in [4.69, 9.17) is 16.3 Å². The SMILES string of the molecule is Cc1ccc(Oc2nccnc2N2CCCC(C(=O)Nc3ccc(F)c(Cl)c3)C2)cc1. The first-order valence-corrected chi connectivity index (χ1v) is 10.4. The van der Waals surface area contributed by atoms with Crippen LogP contribution in [0.1, 0.15) is 18.4 Å². The fraction of sp³-hybridized carbons (Fsp3) is 0.261. The number of hydrogen-bond donors (Lipinski definition) is 1. The van der Waals surface area contributed by atoms with Crippen LogP contribution in [-0.2, 0) is 4.79 Å². The number of carbonyl (C=O) groups is 1. The normalized spacial score (nSPS) is 16.1. The highest BCUT2D eigenvalue weighted by atomic mass is 35.5. The lowest BCUT2D eigenvalue weighted by Crippen LogP contribution is -2.41. The third-order valence-electron chi connectivity index (χ3n) is 5.16. The van der Waals surface area contributed by atoms with E-state index in [0.717, 1.165) is 24.9 Å². The summed E-state index contributed by atoms with van der Waals surface area (Å²) in [6.07, 6.45) is 4.76. The molecule has 0 bridgehead atoms. The molecular formula is C23H22ClFN4O2. The summed E-state index contributed by atoms with van der Waals surface area (Å²) in [5.74, 6) is 0.756. The molecule has 0 radical (unpaired) electrons. The van der Waals surface area contributed by atoms with Crippen molar-refractivity contribution >= 4 is 29.0 Å². The van der Waals surface area contributed by atoms with Gasteiger partial charge in [-0.05, 0) is 50.1 Å². The van der Waals surface area contributed by atoms with Crippen LogP contribution in [0, 0.1) is 18.7 Å². The predicted octanol–water partition coefficient (Wildman–Crippen LogP) is 5.22. The van der Waals surface area contributed by atoms with Crippen molar-refractivity contribution in [2.24, 2.45) is 5.92 Å². The van der Waals surface area contributed by atoms with Crippen molar-refractivity contribution in [3.05, 3.63) is 71.3 Å². The average Bonchev–Trinajstić information content (AvgIpc) is 2.78. The first-order chi connectivity index (χ1) is 15.0. The maximum Gasteiger partial charge on any atom is 0.263 e. The first-order valence-electron chi connectivity index (χ1n) is 10.1. The number of hydrogen-bond acceptors (Lipinski definition) is 5. The van der Waals surface area contributed by atoms with Crippen LogP contribution in [0.5, 0.6) is 11.6 Å². The summed E-state index contributed by atoms with van der Waals surface area (Å²) in [4.78, 5) is 23.6. The standard InChI is InChI=1S/C23H22ClFN4O2/c1-15-4-7-18(8-5-15)31-23-21(26-10-11-27-23)29-12-2-3-16(14-29)22(30)28-17-6-9-20(25)19(24)13-17/h4-11,13,16H,2-3,12,14H2,1H3,(H,28,30). The molecule has 1 N–H and O–H groups in total. The van der Waals surface area contributed by atoms with Crippen molar-refractivity contribution in [2.75, 3.05) is 23.3 Å². The van der Waals surface area contributed by atoms with Crippen LogP contribution in [0.25, 0.3) is 0 Å². The van der Waals surface area contributed by atoms with Crippen LogP contribution in [0.3, 0.4) is 0 Å². The number of aromatic nitrogens is 2. The van der Waals surface area contributed by atoms with Crippen LogP contribution >= 0.6 is 11.6 Å². The highest BCUT2D eigenvalue weighted by Crippen LogP contribution is 2.31. The van der Waals surface area contributed by atoms with E-state index in [0.29, 0.717) is 29.7 Å². The fourth-order valence-corrected chi connectivity index (χ4v) is 3.71. The number of ether oxygens (including phenoxy) is 1. The van der Waals surface area contributed by atoms with E-state index in [9.17, 15) is 9.18 Å². The number of nitrogens with one attached hydrogen (secondary N) is 1. The van der Waals surface area contributed by atoms with Gasteiger partial charge in [0.2, 0.25) is 5.91 Å². The fourth-order valence-electron chi connectivity index (χ4n) is 3.53. The van der Waals surface area contributed by atoms with Crippen LogP contribution in [0.4, 0.5) is 15.9 Å². The van der Waals surface area contributed by atoms with Gasteiger partial charge in [0.25, 0.3) is 5.88 Å². The number of carbonyl (C=O) groups excluding carboxylic acids is 1. The monoisotopic (exact) mass is 440 g/mol. The van der Waals surface area contributed by atoms with Gasteiger partial charge in [0.15, 0.2) is 5.82 Å². The van der Waals surface area contributed by atoms with Crippen molar-refractivity contribution in [3.63, 3.8) is 0 Å². The summed E-state index contributed by atoms with van der Waals surface area (Å²) in [7, 11) is 0. The zero-order chi connectivity index (χ0) is 21.8. The number of amides is 1. The van der Waals surface area contributed by atoms with E-state index in [-0.39, 0.29) is 16.8 Å². The molecule has 4 rings (SSSR count). The lowest BCUT2D eigenvalue weighted by molar-refractivity contribution is -0.120. The minimum atomic E-state index is -0.521. The Kier molecular flexibility index (Phi) is 6.32. The second-order valence-corrected chi connectivity index (χ2v) is 7.91. The Labute approximate surface area is 185 Å². The molecule has 8 heteroatoms. The van der Waals surface area contributed by atoms with E-state index < -0.39 is 5.82 Å². The van der Waals surface area contributed by atoms with E-state index in [1.165, 1.54) is 18.2 Å². The van der Waals surface area contributed by atoms with Crippen molar-refractivity contribution in [1.82, 2.24) is 9.97 Å². The molecule has 2 aromatic carbocycles. The summed E-state index contributed by atoms with van der Waals surface area (Å²) in [6, 6.07) is 11.8. The van der Waals surface area contributed by atoms with Crippen molar-refractivity contribution in [2.45, 2.75) is 19.8 Å². The third kappa shape index (κ3) is 5.11. The largest absolute Gasteiger partial charge is 0.436 e. The average molecular weight is 441 g/mol. The summed E-state index contributed by atoms with van der Waals surface area (Å²) >= 11 is 5.82. The molecule has 1 aromatic heterocycles. The quantitative estimate of drug-likeness (QED) is 0.588. The molecule has 1 saturated heterocycles. The van der Waals surface area contributed by atoms with Crippen LogP contribution in [0.2, 0.25) is 5.02 Å². The molecule has 0 saturated carbocycles. The van der Waals surface area contributed by atoms with E-state index >= 15 is 0 Å². The Morgan fingerprint density at radius 3 is 2.74 bits per heavy atom. The smallest absolute Gasteiger partial charge is 0.263 e. The van der Waals surface area contributed by atoms with Gasteiger partial charge in [-0.15, -0.1) is 0 Å². The minimum absolute atomic E-state index is 0.0273. The molecule has 160 valence electrons. The Hall–Kier alpha value is -3.19. The van der Waals surface area contributed by atoms with Gasteiger partial charge in [-0.1, -0.05) is 29.3 Å². The second kappa shape index (κ2) is 9.31. The van der Waals surface area contributed by atoms with Crippen molar-refractivity contribution in [1.29, 1.82) is 0 Å². The van der Waals surface area contributed by atoms with Gasteiger partial charge in [0.1, 0.15) is 11.6 Å². The van der Waals surface area contributed by atoms with Gasteiger partial charge in [-0.25, -0.2) is 14.4 Å². The van der Waals surface area contributed by atoms with Crippen LogP contribution < -0.4 is 15.0 Å². The third-order valence-corrected chi connectivity index (χ3v) is 5.45. The highest BCUT2D eigenvalue weighted by molar-refractivity contribution is 6.31. The highest BCUT2D eigenvalue weighted by Gasteiger charge is 2.28. The lowest BCUT2D eigenvalue weighted by atomic mass is 9.97. The van der Waals surface area contributed by atoms with Crippen molar-refractivity contribution < 1.29 is 13.9 Å². The molecular weight excluding hydrogens is 419 g/mol. The molecule has 0 aliphatic carbocycles. The lowest BCUT2D eigenvalue weighted by Gasteiger charge is -2.33. The molecule has 1 amide bonds. The molecule has 1 unspecified atom stereocenters. The number of anilines is 2. The van der Waals surface area contributed by atoms with Crippen LogP contribution in [0.15, 0.2) is 54.9 Å². The minimum Gasteiger partial charge on any atom is -0.436 e. The zero-order valence-corrected chi connectivity index (χ0v) is 17.8. The molecule has 31 heavy (non-hydrogen) atoms. The Bertz CT molecular complexity index is 1080. The molecule has 6 nitrogen and oxygen atoms in total. The summed E-state index contributed by atoms with van der Waals surface area (Å²) < 4.78 is 19.3. The molecule has 1 atom stereocenters. The number of piperidine rings is 1. The number of benzene rings is 2. The molecule has 0 spiro atoms. The van der Waals surface area contributed by atoms with Gasteiger partial charge in [-0.3, -0.25) is 4.79 Å². The van der Waals surface area contributed by atoms with Crippen LogP contribution in [-0.4, -0.2) is 29.0 Å². The van der Waals surface area contributed by atoms with Gasteiger partial charge in [0, 0.05) is 31.2 Å². The maximum absolute atomic E-state index is 13.4. The van der Waals surface area contributed by atoms with E-state index in [1.54, 1.807) is 12.4 Å². The van der Waals surface area contributed by atoms with Gasteiger partial charge < -0.3 is 15.0 Å². The molecule has 1 fully saturated rings. The molecule has 3 aromatic rings. The topological polar surface area (TPSA) is 67.4 Å². The number of aryl methyl sites for hydroxylation is 1. The molecule has 1 aliphatic rings. The Balaban J connectivity index is 1.47. The Morgan fingerprint density at radius 2 is 1.97 bits per heavy atom. The maximum atomic E-state index is 13.4. The summed E-state index contributed by atoms with van der Waals surface area (Å²) in [5, 5.41) is 2.80. The van der Waals surface area contributed by atoms with Crippen molar-refractivity contribution in [3.8, 4) is 11.6 Å². The number of halogens is 2. The second-order valence-electron chi connectivity index (χ2n) is 7.50. The Morgan fingerprint density at radius 1 is 1.19 bits per heavy atom. The van der Waals surface area contributed by atoms with Gasteiger partial charge >= 0.3 is 0 Å². The summed E-state index contributed by atoms with van der Waals surface area (Å²) in [6.45, 7) is 3.23. The van der Waals surface area contributed by atoms with Gasteiger partial charge in [0.05, 0.1) is 10.9 Å². The zero-order valence-electron chi connectivity index (χ0n) is 17.0. The summed E-state index contributed by atoms with van der Waals surface area (Å²) in [5.41, 5.74) is 1.61. The predicted molar refractivity (Wildman–Crippen MR) is 118 cm³/mol. The van der Waals surface area contributed by atoms with E-state index in [1.807, 2.05) is 36.1 Å². The van der Waals surface area contributed by atoms with Gasteiger partial charge in [-0.2, -0.15) is 0 Å². The number of rotatable bonds is 5. The number of nitrogens with zero attached hydrogens (tertiary/aromatic N) is 3. The first kappa shape index (κ1) is 21.1.